The number of fused-ring (bicyclic) bond motifs is 2. The standard InChI is InChI=1S/C24H30N6O/c1-23(2)13-24(14-28(3)4)15-29(12-20(23)24)22(31)17-9-19-21(26-10-17)30(16-27-19)11-18-7-5-6-8-25-18/h5-10,16,20H,11-15H2,1-4H3/t20-,24+/m1/s1. The lowest BCUT2D eigenvalue weighted by molar-refractivity contribution is -0.0789. The molecule has 2 atom stereocenters. The third-order valence-corrected chi connectivity index (χ3v) is 7.08. The second-order valence-corrected chi connectivity index (χ2v) is 10.3. The molecule has 0 bridgehead atoms. The Morgan fingerprint density at radius 2 is 2.06 bits per heavy atom. The van der Waals surface area contributed by atoms with Crippen LogP contribution in [0.4, 0.5) is 0 Å². The van der Waals surface area contributed by atoms with Crippen molar-refractivity contribution in [1.29, 1.82) is 0 Å². The first kappa shape index (κ1) is 20.1. The fourth-order valence-corrected chi connectivity index (χ4v) is 6.15. The summed E-state index contributed by atoms with van der Waals surface area (Å²) in [5.74, 6) is 0.609. The Morgan fingerprint density at radius 1 is 1.23 bits per heavy atom. The zero-order chi connectivity index (χ0) is 21.8. The van der Waals surface area contributed by atoms with Gasteiger partial charge in [-0.15, -0.1) is 0 Å². The van der Waals surface area contributed by atoms with Crippen LogP contribution in [0, 0.1) is 16.7 Å². The first-order chi connectivity index (χ1) is 14.8. The van der Waals surface area contributed by atoms with Crippen LogP contribution in [0.2, 0.25) is 0 Å². The van der Waals surface area contributed by atoms with Crippen molar-refractivity contribution in [2.45, 2.75) is 26.8 Å². The van der Waals surface area contributed by atoms with E-state index in [9.17, 15) is 4.79 Å². The van der Waals surface area contributed by atoms with E-state index in [0.29, 0.717) is 18.0 Å². The van der Waals surface area contributed by atoms with Crippen LogP contribution in [0.3, 0.4) is 0 Å². The fraction of sp³-hybridized carbons (Fsp3) is 0.500. The molecule has 7 heteroatoms. The summed E-state index contributed by atoms with van der Waals surface area (Å²) in [6.07, 6.45) is 6.42. The van der Waals surface area contributed by atoms with Gasteiger partial charge in [-0.1, -0.05) is 19.9 Å². The highest BCUT2D eigenvalue weighted by Crippen LogP contribution is 2.62. The van der Waals surface area contributed by atoms with Crippen LogP contribution in [-0.4, -0.2) is 69.0 Å². The van der Waals surface area contributed by atoms with E-state index in [-0.39, 0.29) is 16.7 Å². The van der Waals surface area contributed by atoms with Gasteiger partial charge in [-0.3, -0.25) is 9.78 Å². The summed E-state index contributed by atoms with van der Waals surface area (Å²) in [5, 5.41) is 0. The zero-order valence-electron chi connectivity index (χ0n) is 18.7. The summed E-state index contributed by atoms with van der Waals surface area (Å²) in [5.41, 5.74) is 3.59. The molecular weight excluding hydrogens is 388 g/mol. The van der Waals surface area contributed by atoms with Gasteiger partial charge in [0.2, 0.25) is 0 Å². The average molecular weight is 419 g/mol. The predicted molar refractivity (Wildman–Crippen MR) is 120 cm³/mol. The van der Waals surface area contributed by atoms with Gasteiger partial charge < -0.3 is 14.4 Å². The molecule has 3 aromatic heterocycles. The fourth-order valence-electron chi connectivity index (χ4n) is 6.15. The maximum absolute atomic E-state index is 13.4. The highest BCUT2D eigenvalue weighted by atomic mass is 16.2. The van der Waals surface area contributed by atoms with E-state index < -0.39 is 0 Å². The lowest BCUT2D eigenvalue weighted by atomic mass is 9.48. The van der Waals surface area contributed by atoms with E-state index in [4.69, 9.17) is 0 Å². The van der Waals surface area contributed by atoms with Crippen LogP contribution >= 0.6 is 0 Å². The Labute approximate surface area is 183 Å². The highest BCUT2D eigenvalue weighted by Gasteiger charge is 2.63. The van der Waals surface area contributed by atoms with Gasteiger partial charge >= 0.3 is 0 Å². The van der Waals surface area contributed by atoms with Crippen molar-refractivity contribution in [3.8, 4) is 0 Å². The summed E-state index contributed by atoms with van der Waals surface area (Å²) in [7, 11) is 4.25. The second-order valence-electron chi connectivity index (χ2n) is 10.3. The lowest BCUT2D eigenvalue weighted by Gasteiger charge is -2.57. The summed E-state index contributed by atoms with van der Waals surface area (Å²) < 4.78 is 1.97. The normalized spacial score (nSPS) is 24.4. The molecule has 0 aromatic carbocycles. The van der Waals surface area contributed by atoms with E-state index in [1.54, 1.807) is 18.7 Å². The van der Waals surface area contributed by atoms with Crippen molar-refractivity contribution in [3.63, 3.8) is 0 Å². The molecule has 1 aliphatic heterocycles. The number of likely N-dealkylation sites (tertiary alicyclic amines) is 1. The highest BCUT2D eigenvalue weighted by molar-refractivity contribution is 5.96. The Bertz CT molecular complexity index is 1120. The number of aromatic nitrogens is 4. The van der Waals surface area contributed by atoms with Gasteiger partial charge in [0.25, 0.3) is 5.91 Å². The van der Waals surface area contributed by atoms with Gasteiger partial charge in [0, 0.05) is 37.4 Å². The van der Waals surface area contributed by atoms with E-state index in [0.717, 1.165) is 36.5 Å². The minimum absolute atomic E-state index is 0.0667. The summed E-state index contributed by atoms with van der Waals surface area (Å²) >= 11 is 0. The number of nitrogens with zero attached hydrogens (tertiary/aromatic N) is 6. The number of rotatable bonds is 5. The molecule has 0 N–H and O–H groups in total. The molecule has 31 heavy (non-hydrogen) atoms. The van der Waals surface area contributed by atoms with Crippen LogP contribution in [0.5, 0.6) is 0 Å². The van der Waals surface area contributed by atoms with Crippen molar-refractivity contribution < 1.29 is 4.79 Å². The van der Waals surface area contributed by atoms with Gasteiger partial charge in [-0.05, 0) is 50.0 Å². The number of pyridine rings is 2. The Hall–Kier alpha value is -2.80. The van der Waals surface area contributed by atoms with Crippen molar-refractivity contribution in [2.75, 3.05) is 33.7 Å². The molecular formula is C24H30N6O. The molecule has 162 valence electrons. The average Bonchev–Trinajstić information content (AvgIpc) is 3.26. The molecule has 1 aliphatic carbocycles. The summed E-state index contributed by atoms with van der Waals surface area (Å²) in [6, 6.07) is 7.74. The monoisotopic (exact) mass is 418 g/mol. The number of hydrogen-bond acceptors (Lipinski definition) is 5. The minimum Gasteiger partial charge on any atom is -0.338 e. The number of amides is 1. The van der Waals surface area contributed by atoms with Gasteiger partial charge in [0.05, 0.1) is 24.1 Å². The zero-order valence-corrected chi connectivity index (χ0v) is 18.7. The van der Waals surface area contributed by atoms with E-state index >= 15 is 0 Å². The molecule has 5 rings (SSSR count). The SMILES string of the molecule is CN(C)C[C@@]12CN(C(=O)c3cnc4c(c3)ncn4Cc3ccccn3)C[C@@H]1C(C)(C)C2. The van der Waals surface area contributed by atoms with Gasteiger partial charge in [-0.25, -0.2) is 9.97 Å². The predicted octanol–water partition coefficient (Wildman–Crippen LogP) is 2.92. The molecule has 4 heterocycles. The Balaban J connectivity index is 1.37. The van der Waals surface area contributed by atoms with Crippen molar-refractivity contribution >= 4 is 17.1 Å². The third kappa shape index (κ3) is 3.41. The molecule has 0 radical (unpaired) electrons. The topological polar surface area (TPSA) is 67.2 Å². The van der Waals surface area contributed by atoms with Crippen LogP contribution in [-0.2, 0) is 6.54 Å². The van der Waals surface area contributed by atoms with Crippen molar-refractivity contribution in [1.82, 2.24) is 29.3 Å². The molecule has 7 nitrogen and oxygen atoms in total. The molecule has 0 spiro atoms. The number of hydrogen-bond donors (Lipinski definition) is 0. The molecule has 0 unspecified atom stereocenters. The second kappa shape index (κ2) is 7.12. The van der Waals surface area contributed by atoms with Crippen LogP contribution in [0.25, 0.3) is 11.2 Å². The van der Waals surface area contributed by atoms with Gasteiger partial charge in [0.15, 0.2) is 5.65 Å². The molecule has 1 saturated carbocycles. The van der Waals surface area contributed by atoms with E-state index in [2.05, 4.69) is 47.8 Å². The minimum atomic E-state index is 0.0667. The Morgan fingerprint density at radius 3 is 2.77 bits per heavy atom. The van der Waals surface area contributed by atoms with E-state index in [1.807, 2.05) is 33.7 Å². The number of imidazole rings is 1. The largest absolute Gasteiger partial charge is 0.338 e. The van der Waals surface area contributed by atoms with Crippen molar-refractivity contribution in [2.24, 2.45) is 16.7 Å². The smallest absolute Gasteiger partial charge is 0.255 e. The van der Waals surface area contributed by atoms with Crippen LogP contribution in [0.15, 0.2) is 43.0 Å². The van der Waals surface area contributed by atoms with E-state index in [1.165, 1.54) is 6.42 Å². The first-order valence-electron chi connectivity index (χ1n) is 10.9. The van der Waals surface area contributed by atoms with Gasteiger partial charge in [0.1, 0.15) is 5.52 Å². The number of carbonyl (C=O) groups is 1. The molecule has 2 aliphatic rings. The van der Waals surface area contributed by atoms with Gasteiger partial charge in [-0.2, -0.15) is 0 Å². The van der Waals surface area contributed by atoms with Crippen LogP contribution in [0.1, 0.15) is 36.3 Å². The summed E-state index contributed by atoms with van der Waals surface area (Å²) in [4.78, 5) is 31.1. The maximum Gasteiger partial charge on any atom is 0.255 e. The Kier molecular flexibility index (Phi) is 4.62. The van der Waals surface area contributed by atoms with Crippen molar-refractivity contribution in [3.05, 3.63) is 54.2 Å². The molecule has 2 fully saturated rings. The molecule has 1 saturated heterocycles. The molecule has 1 amide bonds. The maximum atomic E-state index is 13.4. The quantitative estimate of drug-likeness (QED) is 0.637. The van der Waals surface area contributed by atoms with Crippen LogP contribution < -0.4 is 0 Å². The molecule has 3 aromatic rings. The first-order valence-corrected chi connectivity index (χ1v) is 10.9. The summed E-state index contributed by atoms with van der Waals surface area (Å²) in [6.45, 7) is 7.95. The lowest BCUT2D eigenvalue weighted by Crippen LogP contribution is -2.57. The third-order valence-electron chi connectivity index (χ3n) is 7.08. The number of carbonyl (C=O) groups excluding carboxylic acids is 1.